The van der Waals surface area contributed by atoms with Crippen molar-refractivity contribution in [3.8, 4) is 5.75 Å². The van der Waals surface area contributed by atoms with Crippen LogP contribution in [0.3, 0.4) is 0 Å². The summed E-state index contributed by atoms with van der Waals surface area (Å²) in [5.41, 5.74) is 1.30. The Morgan fingerprint density at radius 1 is 1.23 bits per heavy atom. The summed E-state index contributed by atoms with van der Waals surface area (Å²) < 4.78 is 5.47. The molecule has 0 aromatic heterocycles. The van der Waals surface area contributed by atoms with Crippen molar-refractivity contribution in [3.05, 3.63) is 63.2 Å². The van der Waals surface area contributed by atoms with E-state index in [1.165, 1.54) is 23.8 Å². The molecule has 7 heteroatoms. The largest absolute Gasteiger partial charge is 0.484 e. The maximum absolute atomic E-state index is 12.0. The van der Waals surface area contributed by atoms with Crippen molar-refractivity contribution in [2.24, 2.45) is 0 Å². The molecule has 138 valence electrons. The van der Waals surface area contributed by atoms with Gasteiger partial charge in [0.1, 0.15) is 10.8 Å². The number of carbonyl (C=O) groups excluding carboxylic acids is 1. The number of nitrogens with one attached hydrogen (secondary N) is 1. The number of rotatable bonds is 7. The van der Waals surface area contributed by atoms with Crippen LogP contribution in [0.2, 0.25) is 5.02 Å². The first-order valence-corrected chi connectivity index (χ1v) is 8.58. The third-order valence-corrected chi connectivity index (χ3v) is 4.64. The molecule has 0 unspecified atom stereocenters. The van der Waals surface area contributed by atoms with Crippen molar-refractivity contribution in [3.63, 3.8) is 0 Å². The lowest BCUT2D eigenvalue weighted by Crippen LogP contribution is -2.20. The summed E-state index contributed by atoms with van der Waals surface area (Å²) in [7, 11) is 0. The average molecular weight is 377 g/mol. The third-order valence-electron chi connectivity index (χ3n) is 4.32. The van der Waals surface area contributed by atoms with Crippen LogP contribution in [-0.4, -0.2) is 17.4 Å². The van der Waals surface area contributed by atoms with E-state index < -0.39 is 10.8 Å². The highest BCUT2D eigenvalue weighted by Crippen LogP contribution is 2.28. The molecule has 1 N–H and O–H groups in total. The summed E-state index contributed by atoms with van der Waals surface area (Å²) in [6.07, 6.45) is 1.02. The minimum absolute atomic E-state index is 0.0133. The van der Waals surface area contributed by atoms with E-state index in [2.05, 4.69) is 26.1 Å². The van der Waals surface area contributed by atoms with E-state index in [1.54, 1.807) is 0 Å². The summed E-state index contributed by atoms with van der Waals surface area (Å²) in [6.45, 7) is 6.27. The van der Waals surface area contributed by atoms with Crippen molar-refractivity contribution in [2.75, 3.05) is 11.9 Å². The molecule has 0 atom stereocenters. The molecular weight excluding hydrogens is 356 g/mol. The smallest absolute Gasteiger partial charge is 0.289 e. The second kappa shape index (κ2) is 8.19. The molecular formula is C19H21ClN2O4. The molecule has 6 nitrogen and oxygen atoms in total. The average Bonchev–Trinajstić information content (AvgIpc) is 2.61. The Labute approximate surface area is 157 Å². The van der Waals surface area contributed by atoms with Gasteiger partial charge >= 0.3 is 0 Å². The molecule has 0 aliphatic carbocycles. The topological polar surface area (TPSA) is 81.5 Å². The molecule has 0 radical (unpaired) electrons. The molecule has 2 aromatic carbocycles. The van der Waals surface area contributed by atoms with E-state index in [0.717, 1.165) is 6.42 Å². The molecule has 0 spiro atoms. The highest BCUT2D eigenvalue weighted by molar-refractivity contribution is 6.32. The first-order valence-electron chi connectivity index (χ1n) is 8.20. The summed E-state index contributed by atoms with van der Waals surface area (Å²) in [4.78, 5) is 22.3. The van der Waals surface area contributed by atoms with Crippen LogP contribution in [0.1, 0.15) is 32.8 Å². The van der Waals surface area contributed by atoms with Gasteiger partial charge in [-0.15, -0.1) is 0 Å². The lowest BCUT2D eigenvalue weighted by molar-refractivity contribution is -0.384. The van der Waals surface area contributed by atoms with Crippen LogP contribution in [0, 0.1) is 10.1 Å². The third kappa shape index (κ3) is 4.95. The number of ether oxygens (including phenoxy) is 1. The monoisotopic (exact) mass is 376 g/mol. The molecule has 2 rings (SSSR count). The van der Waals surface area contributed by atoms with Gasteiger partial charge in [0.05, 0.1) is 4.92 Å². The van der Waals surface area contributed by atoms with E-state index in [1.807, 2.05) is 24.3 Å². The molecule has 0 saturated carbocycles. The van der Waals surface area contributed by atoms with Gasteiger partial charge in [0.2, 0.25) is 0 Å². The van der Waals surface area contributed by atoms with E-state index in [4.69, 9.17) is 16.3 Å². The zero-order valence-electron chi connectivity index (χ0n) is 14.9. The van der Waals surface area contributed by atoms with Crippen molar-refractivity contribution in [2.45, 2.75) is 32.6 Å². The van der Waals surface area contributed by atoms with Gasteiger partial charge in [-0.05, 0) is 41.7 Å². The number of carbonyl (C=O) groups is 1. The van der Waals surface area contributed by atoms with Crippen LogP contribution in [0.5, 0.6) is 5.75 Å². The van der Waals surface area contributed by atoms with Gasteiger partial charge in [-0.2, -0.15) is 0 Å². The highest BCUT2D eigenvalue weighted by Gasteiger charge is 2.18. The van der Waals surface area contributed by atoms with Gasteiger partial charge in [0.15, 0.2) is 6.61 Å². The Bertz CT molecular complexity index is 804. The summed E-state index contributed by atoms with van der Waals surface area (Å²) in [6, 6.07) is 11.7. The number of anilines is 1. The van der Waals surface area contributed by atoms with Crippen molar-refractivity contribution < 1.29 is 14.5 Å². The van der Waals surface area contributed by atoms with Gasteiger partial charge < -0.3 is 10.1 Å². The van der Waals surface area contributed by atoms with E-state index >= 15 is 0 Å². The second-order valence-corrected chi connectivity index (χ2v) is 6.93. The zero-order valence-corrected chi connectivity index (χ0v) is 15.7. The van der Waals surface area contributed by atoms with Gasteiger partial charge in [0.25, 0.3) is 11.6 Å². The number of nitrogens with zero attached hydrogens (tertiary/aromatic N) is 1. The van der Waals surface area contributed by atoms with Gasteiger partial charge in [-0.1, -0.05) is 44.5 Å². The fourth-order valence-electron chi connectivity index (χ4n) is 2.28. The van der Waals surface area contributed by atoms with Crippen molar-refractivity contribution in [1.82, 2.24) is 0 Å². The number of halogens is 1. The number of benzene rings is 2. The van der Waals surface area contributed by atoms with Crippen LogP contribution in [-0.2, 0) is 10.2 Å². The van der Waals surface area contributed by atoms with Crippen LogP contribution in [0.25, 0.3) is 0 Å². The lowest BCUT2D eigenvalue weighted by Gasteiger charge is -2.23. The number of amides is 1. The van der Waals surface area contributed by atoms with E-state index in [-0.39, 0.29) is 28.4 Å². The summed E-state index contributed by atoms with van der Waals surface area (Å²) >= 11 is 5.75. The van der Waals surface area contributed by atoms with Gasteiger partial charge in [-0.3, -0.25) is 14.9 Å². The highest BCUT2D eigenvalue weighted by atomic mass is 35.5. The molecule has 0 aliphatic heterocycles. The molecule has 0 aliphatic rings. The number of nitro groups is 1. The quantitative estimate of drug-likeness (QED) is 0.547. The Hall–Kier alpha value is -2.60. The predicted molar refractivity (Wildman–Crippen MR) is 102 cm³/mol. The molecule has 2 aromatic rings. The Balaban J connectivity index is 1.95. The van der Waals surface area contributed by atoms with Crippen LogP contribution < -0.4 is 10.1 Å². The number of nitro benzene ring substituents is 1. The zero-order chi connectivity index (χ0) is 19.3. The summed E-state index contributed by atoms with van der Waals surface area (Å²) in [5, 5.41) is 13.4. The van der Waals surface area contributed by atoms with Crippen LogP contribution in [0.4, 0.5) is 11.4 Å². The Morgan fingerprint density at radius 3 is 2.46 bits per heavy atom. The van der Waals surface area contributed by atoms with Gasteiger partial charge in [0, 0.05) is 11.8 Å². The fourth-order valence-corrected chi connectivity index (χ4v) is 2.47. The number of hydrogen-bond acceptors (Lipinski definition) is 4. The maximum atomic E-state index is 12.0. The molecule has 1 amide bonds. The SMILES string of the molecule is CCC(C)(C)c1ccc(OCC(=O)Nc2ccc(Cl)c([N+](=O)[O-])c2)cc1. The Kier molecular flexibility index (Phi) is 6.21. The van der Waals surface area contributed by atoms with Crippen molar-refractivity contribution in [1.29, 1.82) is 0 Å². The minimum Gasteiger partial charge on any atom is -0.484 e. The minimum atomic E-state index is -0.603. The standard InChI is InChI=1S/C19H21ClN2O4/c1-4-19(2,3)13-5-8-15(9-6-13)26-12-18(23)21-14-7-10-16(20)17(11-14)22(24)25/h5-11H,4,12H2,1-3H3,(H,21,23). The maximum Gasteiger partial charge on any atom is 0.289 e. The molecule has 0 bridgehead atoms. The van der Waals surface area contributed by atoms with Gasteiger partial charge in [-0.25, -0.2) is 0 Å². The van der Waals surface area contributed by atoms with Crippen LogP contribution in [0.15, 0.2) is 42.5 Å². The Morgan fingerprint density at radius 2 is 1.88 bits per heavy atom. The molecule has 0 fully saturated rings. The normalized spacial score (nSPS) is 11.1. The number of hydrogen-bond donors (Lipinski definition) is 1. The fraction of sp³-hybridized carbons (Fsp3) is 0.316. The predicted octanol–water partition coefficient (Wildman–Crippen LogP) is 4.95. The lowest BCUT2D eigenvalue weighted by atomic mass is 9.82. The molecule has 26 heavy (non-hydrogen) atoms. The molecule has 0 heterocycles. The van der Waals surface area contributed by atoms with Crippen molar-refractivity contribution >= 4 is 28.9 Å². The molecule has 0 saturated heterocycles. The van der Waals surface area contributed by atoms with E-state index in [9.17, 15) is 14.9 Å². The first kappa shape index (κ1) is 19.7. The first-order chi connectivity index (χ1) is 12.2. The summed E-state index contributed by atoms with van der Waals surface area (Å²) in [5.74, 6) is 0.164. The van der Waals surface area contributed by atoms with Crippen LogP contribution >= 0.6 is 11.6 Å². The van der Waals surface area contributed by atoms with E-state index in [0.29, 0.717) is 5.75 Å². The second-order valence-electron chi connectivity index (χ2n) is 6.52.